The summed E-state index contributed by atoms with van der Waals surface area (Å²) in [6.45, 7) is 3.28. The van der Waals surface area contributed by atoms with Crippen molar-refractivity contribution in [3.05, 3.63) is 29.8 Å². The molecule has 0 bridgehead atoms. The van der Waals surface area contributed by atoms with Crippen LogP contribution in [0.25, 0.3) is 0 Å². The van der Waals surface area contributed by atoms with Gasteiger partial charge in [0.1, 0.15) is 6.10 Å². The molecule has 11 heteroatoms. The quantitative estimate of drug-likeness (QED) is 0.324. The van der Waals surface area contributed by atoms with Gasteiger partial charge >= 0.3 is 0 Å². The van der Waals surface area contributed by atoms with Gasteiger partial charge in [0.2, 0.25) is 5.16 Å². The lowest BCUT2D eigenvalue weighted by molar-refractivity contribution is 0.300. The van der Waals surface area contributed by atoms with Crippen LogP contribution >= 0.6 is 24.0 Å². The van der Waals surface area contributed by atoms with Crippen molar-refractivity contribution in [1.29, 1.82) is 0 Å². The van der Waals surface area contributed by atoms with Crippen LogP contribution in [0, 0.1) is 6.92 Å². The number of aryl methyl sites for hydroxylation is 1. The Morgan fingerprint density at radius 3 is 2.65 bits per heavy atom. The van der Waals surface area contributed by atoms with Crippen molar-refractivity contribution >= 4 is 39.5 Å². The van der Waals surface area contributed by atoms with Gasteiger partial charge in [-0.05, 0) is 43.6 Å². The fourth-order valence-electron chi connectivity index (χ4n) is 1.88. The molecule has 1 atom stereocenters. The molecule has 2 aromatic rings. The molecule has 1 aromatic heterocycles. The summed E-state index contributed by atoms with van der Waals surface area (Å²) in [5, 5.41) is 14.5. The summed E-state index contributed by atoms with van der Waals surface area (Å²) in [6.07, 6.45) is -0.889. The van der Waals surface area contributed by atoms with E-state index in [-0.39, 0.29) is 10.6 Å². The Balaban J connectivity index is 1.99. The number of rotatable bonds is 10. The van der Waals surface area contributed by atoms with E-state index >= 15 is 0 Å². The largest absolute Gasteiger partial charge is 0.308 e. The van der Waals surface area contributed by atoms with E-state index in [0.29, 0.717) is 11.7 Å². The van der Waals surface area contributed by atoms with Crippen molar-refractivity contribution in [2.24, 2.45) is 0 Å². The van der Waals surface area contributed by atoms with Crippen molar-refractivity contribution in [2.45, 2.75) is 29.6 Å². The molecule has 26 heavy (non-hydrogen) atoms. The maximum atomic E-state index is 12.3. The molecule has 0 N–H and O–H groups in total. The third-order valence-corrected chi connectivity index (χ3v) is 5.92. The van der Waals surface area contributed by atoms with E-state index in [1.165, 1.54) is 23.9 Å². The second-order valence-electron chi connectivity index (χ2n) is 5.77. The molecule has 0 spiro atoms. The molecule has 8 nitrogen and oxygen atoms in total. The fraction of sp³-hybridized carbons (Fsp3) is 0.467. The number of aromatic nitrogens is 4. The number of hydrogen-bond donors (Lipinski definition) is 0. The summed E-state index contributed by atoms with van der Waals surface area (Å²) >= 11 is 6.07. The Morgan fingerprint density at radius 1 is 1.35 bits per heavy atom. The van der Waals surface area contributed by atoms with Gasteiger partial charge in [-0.25, -0.2) is 4.68 Å². The molecular weight excluding hydrogens is 394 g/mol. The van der Waals surface area contributed by atoms with Gasteiger partial charge < -0.3 is 4.90 Å². The fourth-order valence-corrected chi connectivity index (χ4v) is 4.09. The van der Waals surface area contributed by atoms with Gasteiger partial charge in [0.15, 0.2) is 0 Å². The standard InChI is InChI=1S/C15H20N5O3S3/c1-12-4-6-14(7-5-12)26(21,22)23-13(10-24)11-25-15-16-17-18-20(15)9-8-19(2)3/h4-7,13H,8-9,11H2,1-3H3. The first kappa shape index (κ1) is 20.9. The number of thioether (sulfide) groups is 1. The number of hydrogen-bond acceptors (Lipinski definition) is 9. The zero-order chi connectivity index (χ0) is 19.2. The number of thiocarbonyl (C=S) groups is 1. The van der Waals surface area contributed by atoms with Crippen molar-refractivity contribution in [3.63, 3.8) is 0 Å². The Hall–Kier alpha value is -1.40. The van der Waals surface area contributed by atoms with Crippen LogP contribution in [0.15, 0.2) is 34.3 Å². The second kappa shape index (κ2) is 9.51. The van der Waals surface area contributed by atoms with Gasteiger partial charge in [-0.1, -0.05) is 41.7 Å². The van der Waals surface area contributed by atoms with Crippen molar-refractivity contribution in [1.82, 2.24) is 25.1 Å². The van der Waals surface area contributed by atoms with E-state index in [1.807, 2.05) is 25.9 Å². The molecule has 141 valence electrons. The minimum atomic E-state index is -3.92. The average Bonchev–Trinajstić information content (AvgIpc) is 3.04. The van der Waals surface area contributed by atoms with Gasteiger partial charge in [0.25, 0.3) is 10.1 Å². The van der Waals surface area contributed by atoms with Crippen LogP contribution in [0.5, 0.6) is 0 Å². The molecule has 2 rings (SSSR count). The molecule has 0 saturated carbocycles. The Bertz CT molecular complexity index is 821. The average molecular weight is 415 g/mol. The van der Waals surface area contributed by atoms with Crippen molar-refractivity contribution in [2.75, 3.05) is 26.4 Å². The van der Waals surface area contributed by atoms with Crippen LogP contribution < -0.4 is 0 Å². The Labute approximate surface area is 163 Å². The van der Waals surface area contributed by atoms with E-state index in [9.17, 15) is 8.42 Å². The SMILES string of the molecule is Cc1ccc(S(=O)(=O)OC([C]=S)CSc2nnnn2CCN(C)C)cc1. The molecule has 1 aromatic carbocycles. The zero-order valence-corrected chi connectivity index (χ0v) is 17.1. The minimum absolute atomic E-state index is 0.0826. The predicted molar refractivity (Wildman–Crippen MR) is 103 cm³/mol. The van der Waals surface area contributed by atoms with Crippen LogP contribution in [-0.2, 0) is 20.8 Å². The zero-order valence-electron chi connectivity index (χ0n) is 14.7. The van der Waals surface area contributed by atoms with E-state index in [2.05, 4.69) is 20.9 Å². The van der Waals surface area contributed by atoms with Crippen LogP contribution in [0.4, 0.5) is 0 Å². The van der Waals surface area contributed by atoms with E-state index < -0.39 is 16.2 Å². The predicted octanol–water partition coefficient (Wildman–Crippen LogP) is 1.29. The lowest BCUT2D eigenvalue weighted by atomic mass is 10.2. The normalized spacial score (nSPS) is 13.1. The highest BCUT2D eigenvalue weighted by molar-refractivity contribution is 7.99. The van der Waals surface area contributed by atoms with Crippen LogP contribution in [0.1, 0.15) is 5.56 Å². The molecule has 0 aliphatic rings. The summed E-state index contributed by atoms with van der Waals surface area (Å²) in [5.41, 5.74) is 0.960. The molecule has 1 radical (unpaired) electrons. The summed E-state index contributed by atoms with van der Waals surface area (Å²) < 4.78 is 31.6. The van der Waals surface area contributed by atoms with Crippen molar-refractivity contribution < 1.29 is 12.6 Å². The van der Waals surface area contributed by atoms with E-state index in [1.54, 1.807) is 16.8 Å². The maximum absolute atomic E-state index is 12.3. The summed E-state index contributed by atoms with van der Waals surface area (Å²) in [5.74, 6) is 0.233. The molecule has 0 aliphatic heterocycles. The highest BCUT2D eigenvalue weighted by atomic mass is 32.2. The number of likely N-dealkylation sites (N-methyl/N-ethyl adjacent to an activating group) is 1. The minimum Gasteiger partial charge on any atom is -0.308 e. The molecule has 1 unspecified atom stereocenters. The molecule has 0 aliphatic carbocycles. The van der Waals surface area contributed by atoms with Gasteiger partial charge in [-0.3, -0.25) is 4.18 Å². The first-order valence-electron chi connectivity index (χ1n) is 7.73. The van der Waals surface area contributed by atoms with Crippen LogP contribution in [0.2, 0.25) is 0 Å². The van der Waals surface area contributed by atoms with Crippen LogP contribution in [0.3, 0.4) is 0 Å². The van der Waals surface area contributed by atoms with Gasteiger partial charge in [-0.2, -0.15) is 8.42 Å². The molecule has 0 saturated heterocycles. The third-order valence-electron chi connectivity index (χ3n) is 3.31. The monoisotopic (exact) mass is 414 g/mol. The second-order valence-corrected chi connectivity index (χ2v) is 8.56. The first-order chi connectivity index (χ1) is 12.3. The smallest absolute Gasteiger partial charge is 0.297 e. The summed E-state index contributed by atoms with van der Waals surface area (Å²) in [4.78, 5) is 2.10. The van der Waals surface area contributed by atoms with Crippen molar-refractivity contribution in [3.8, 4) is 0 Å². The lowest BCUT2D eigenvalue weighted by Crippen LogP contribution is -2.23. The van der Waals surface area contributed by atoms with Gasteiger partial charge in [0.05, 0.1) is 16.8 Å². The topological polar surface area (TPSA) is 90.2 Å². The number of benzene rings is 1. The Morgan fingerprint density at radius 2 is 2.04 bits per heavy atom. The maximum Gasteiger partial charge on any atom is 0.297 e. The first-order valence-corrected chi connectivity index (χ1v) is 10.5. The number of tetrazole rings is 1. The summed E-state index contributed by atoms with van der Waals surface area (Å²) in [6, 6.07) is 6.42. The molecule has 0 fully saturated rings. The summed E-state index contributed by atoms with van der Waals surface area (Å²) in [7, 11) is -0.00569. The third kappa shape index (κ3) is 6.09. The molecule has 0 amide bonds. The lowest BCUT2D eigenvalue weighted by Gasteiger charge is -2.13. The molecular formula is C15H20N5O3S3. The van der Waals surface area contributed by atoms with E-state index in [4.69, 9.17) is 16.4 Å². The van der Waals surface area contributed by atoms with Crippen LogP contribution in [-0.4, -0.2) is 71.4 Å². The number of nitrogens with zero attached hydrogens (tertiary/aromatic N) is 5. The highest BCUT2D eigenvalue weighted by Gasteiger charge is 2.22. The molecule has 1 heterocycles. The van der Waals surface area contributed by atoms with E-state index in [0.717, 1.165) is 12.1 Å². The van der Waals surface area contributed by atoms with Gasteiger partial charge in [0, 0.05) is 12.3 Å². The van der Waals surface area contributed by atoms with Gasteiger partial charge in [-0.15, -0.1) is 5.10 Å². The Kier molecular flexibility index (Phi) is 7.65. The highest BCUT2D eigenvalue weighted by Crippen LogP contribution is 2.20.